The van der Waals surface area contributed by atoms with Gasteiger partial charge in [-0.25, -0.2) is 9.50 Å². The van der Waals surface area contributed by atoms with Crippen LogP contribution in [0, 0.1) is 0 Å². The lowest BCUT2D eigenvalue weighted by molar-refractivity contribution is -0.117. The smallest absolute Gasteiger partial charge is 0.423 e. The molecule has 0 saturated heterocycles. The molecule has 0 bridgehead atoms. The van der Waals surface area contributed by atoms with E-state index in [1.165, 1.54) is 23.1 Å². The lowest BCUT2D eigenvalue weighted by Crippen LogP contribution is -2.33. The Balaban J connectivity index is 2.30. The van der Waals surface area contributed by atoms with Crippen LogP contribution in [-0.2, 0) is 4.79 Å². The van der Waals surface area contributed by atoms with Crippen LogP contribution in [0.2, 0.25) is 0 Å². The lowest BCUT2D eigenvalue weighted by Gasteiger charge is -2.02. The quantitative estimate of drug-likeness (QED) is 0.424. The van der Waals surface area contributed by atoms with Crippen molar-refractivity contribution in [2.45, 2.75) is 0 Å². The molecule has 98 valence electrons. The van der Waals surface area contributed by atoms with Gasteiger partial charge < -0.3 is 21.1 Å². The average molecular weight is 263 g/mol. The Morgan fingerprint density at radius 2 is 2.16 bits per heavy atom. The number of carbonyl (C=O) groups is 2. The Bertz CT molecular complexity index is 641. The monoisotopic (exact) mass is 263 g/mol. The molecule has 0 fully saturated rings. The summed E-state index contributed by atoms with van der Waals surface area (Å²) in [6.07, 6.45) is 3.80. The molecule has 0 aliphatic heterocycles. The van der Waals surface area contributed by atoms with Gasteiger partial charge in [-0.05, 0) is 0 Å². The minimum absolute atomic E-state index is 0.139. The van der Waals surface area contributed by atoms with Gasteiger partial charge in [0.25, 0.3) is 5.91 Å². The standard InChI is InChI=1S/C9H10BN5O4/c11-7(16)3-13-9(17)6-2-14-15-4-5(10(18)19)1-12-8(6)15/h1-2,4,18-19H,3H2,(H2,11,16)(H,13,17). The van der Waals surface area contributed by atoms with Crippen LogP contribution in [0.3, 0.4) is 0 Å². The highest BCUT2D eigenvalue weighted by molar-refractivity contribution is 6.58. The highest BCUT2D eigenvalue weighted by Gasteiger charge is 2.17. The summed E-state index contributed by atoms with van der Waals surface area (Å²) >= 11 is 0. The minimum atomic E-state index is -1.67. The van der Waals surface area contributed by atoms with Crippen molar-refractivity contribution < 1.29 is 19.6 Å². The highest BCUT2D eigenvalue weighted by atomic mass is 16.4. The molecule has 2 heterocycles. The Morgan fingerprint density at radius 3 is 2.79 bits per heavy atom. The van der Waals surface area contributed by atoms with E-state index in [4.69, 9.17) is 15.8 Å². The van der Waals surface area contributed by atoms with E-state index in [2.05, 4.69) is 15.4 Å². The second kappa shape index (κ2) is 5.04. The Kier molecular flexibility index (Phi) is 3.44. The maximum absolute atomic E-state index is 11.7. The third-order valence-corrected chi connectivity index (χ3v) is 2.34. The Morgan fingerprint density at radius 1 is 1.42 bits per heavy atom. The molecule has 19 heavy (non-hydrogen) atoms. The molecule has 0 aliphatic rings. The van der Waals surface area contributed by atoms with E-state index in [-0.39, 0.29) is 23.2 Å². The number of aromatic nitrogens is 3. The van der Waals surface area contributed by atoms with E-state index in [9.17, 15) is 9.59 Å². The molecule has 10 heteroatoms. The van der Waals surface area contributed by atoms with Gasteiger partial charge in [0.15, 0.2) is 5.65 Å². The molecule has 2 aromatic rings. The maximum atomic E-state index is 11.7. The van der Waals surface area contributed by atoms with E-state index >= 15 is 0 Å². The normalized spacial score (nSPS) is 10.4. The third kappa shape index (κ3) is 2.69. The predicted molar refractivity (Wildman–Crippen MR) is 64.3 cm³/mol. The number of nitrogens with two attached hydrogens (primary N) is 1. The van der Waals surface area contributed by atoms with E-state index < -0.39 is 18.9 Å². The van der Waals surface area contributed by atoms with Crippen molar-refractivity contribution in [3.05, 3.63) is 24.2 Å². The molecule has 9 nitrogen and oxygen atoms in total. The SMILES string of the molecule is NC(=O)CNC(=O)c1cnn2cc(B(O)O)cnc12. The van der Waals surface area contributed by atoms with Crippen LogP contribution < -0.4 is 16.5 Å². The molecule has 0 aliphatic carbocycles. The molecule has 0 saturated carbocycles. The van der Waals surface area contributed by atoms with E-state index in [0.29, 0.717) is 0 Å². The molecular formula is C9H10BN5O4. The summed E-state index contributed by atoms with van der Waals surface area (Å²) in [5.74, 6) is -1.21. The number of carbonyl (C=O) groups excluding carboxylic acids is 2. The van der Waals surface area contributed by atoms with E-state index in [1.807, 2.05) is 0 Å². The largest absolute Gasteiger partial charge is 0.491 e. The average Bonchev–Trinajstić information content (AvgIpc) is 2.78. The van der Waals surface area contributed by atoms with Crippen LogP contribution in [-0.4, -0.2) is 50.1 Å². The molecule has 0 spiro atoms. The Hall–Kier alpha value is -2.46. The number of nitrogens with zero attached hydrogens (tertiary/aromatic N) is 3. The molecule has 2 amide bonds. The van der Waals surface area contributed by atoms with Gasteiger partial charge in [-0.2, -0.15) is 5.10 Å². The van der Waals surface area contributed by atoms with Crippen molar-refractivity contribution in [1.82, 2.24) is 19.9 Å². The molecule has 5 N–H and O–H groups in total. The molecular weight excluding hydrogens is 253 g/mol. The Labute approximate surface area is 107 Å². The van der Waals surface area contributed by atoms with Crippen molar-refractivity contribution in [2.75, 3.05) is 6.54 Å². The molecule has 0 aromatic carbocycles. The van der Waals surface area contributed by atoms with Crippen molar-refractivity contribution in [2.24, 2.45) is 5.73 Å². The van der Waals surface area contributed by atoms with Crippen LogP contribution in [0.5, 0.6) is 0 Å². The van der Waals surface area contributed by atoms with E-state index in [0.717, 1.165) is 0 Å². The summed E-state index contributed by atoms with van der Waals surface area (Å²) in [5.41, 5.74) is 5.43. The minimum Gasteiger partial charge on any atom is -0.423 e. The number of hydrogen-bond donors (Lipinski definition) is 4. The maximum Gasteiger partial charge on any atom is 0.491 e. The van der Waals surface area contributed by atoms with Gasteiger partial charge in [-0.3, -0.25) is 9.59 Å². The first-order valence-electron chi connectivity index (χ1n) is 5.25. The number of primary amides is 1. The highest BCUT2D eigenvalue weighted by Crippen LogP contribution is 2.05. The van der Waals surface area contributed by atoms with Crippen molar-refractivity contribution in [1.29, 1.82) is 0 Å². The van der Waals surface area contributed by atoms with Gasteiger partial charge in [0.05, 0.1) is 12.7 Å². The van der Waals surface area contributed by atoms with Crippen LogP contribution >= 0.6 is 0 Å². The summed E-state index contributed by atoms with van der Waals surface area (Å²) < 4.78 is 1.23. The summed E-state index contributed by atoms with van der Waals surface area (Å²) in [5, 5.41) is 24.1. The molecule has 0 atom stereocenters. The lowest BCUT2D eigenvalue weighted by atomic mass is 9.83. The number of fused-ring (bicyclic) bond motifs is 1. The fourth-order valence-corrected chi connectivity index (χ4v) is 1.45. The third-order valence-electron chi connectivity index (χ3n) is 2.34. The van der Waals surface area contributed by atoms with Crippen molar-refractivity contribution >= 4 is 30.0 Å². The summed E-state index contributed by atoms with van der Waals surface area (Å²) in [6, 6.07) is 0. The second-order valence-electron chi connectivity index (χ2n) is 3.74. The zero-order chi connectivity index (χ0) is 14.0. The fraction of sp³-hybridized carbons (Fsp3) is 0.111. The van der Waals surface area contributed by atoms with Crippen LogP contribution in [0.1, 0.15) is 10.4 Å². The number of amides is 2. The van der Waals surface area contributed by atoms with Gasteiger partial charge in [0.1, 0.15) is 5.56 Å². The van der Waals surface area contributed by atoms with Gasteiger partial charge in [0.2, 0.25) is 5.91 Å². The van der Waals surface area contributed by atoms with E-state index in [1.54, 1.807) is 0 Å². The number of nitrogens with one attached hydrogen (secondary N) is 1. The number of rotatable bonds is 4. The van der Waals surface area contributed by atoms with Gasteiger partial charge >= 0.3 is 7.12 Å². The second-order valence-corrected chi connectivity index (χ2v) is 3.74. The molecule has 2 aromatic heterocycles. The van der Waals surface area contributed by atoms with Crippen molar-refractivity contribution in [3.8, 4) is 0 Å². The summed E-state index contributed by atoms with van der Waals surface area (Å²) in [7, 11) is -1.67. The fourth-order valence-electron chi connectivity index (χ4n) is 1.45. The summed E-state index contributed by atoms with van der Waals surface area (Å²) in [4.78, 5) is 26.2. The van der Waals surface area contributed by atoms with Gasteiger partial charge in [0, 0.05) is 17.9 Å². The topological polar surface area (TPSA) is 143 Å². The summed E-state index contributed by atoms with van der Waals surface area (Å²) in [6.45, 7) is -0.288. The molecule has 0 radical (unpaired) electrons. The van der Waals surface area contributed by atoms with Crippen LogP contribution in [0.25, 0.3) is 5.65 Å². The molecule has 0 unspecified atom stereocenters. The first kappa shape index (κ1) is 13.0. The predicted octanol–water partition coefficient (Wildman–Crippen LogP) is -3.38. The number of hydrogen-bond acceptors (Lipinski definition) is 6. The first-order chi connectivity index (χ1) is 8.99. The molecule has 2 rings (SSSR count). The van der Waals surface area contributed by atoms with Crippen LogP contribution in [0.4, 0.5) is 0 Å². The van der Waals surface area contributed by atoms with Crippen molar-refractivity contribution in [3.63, 3.8) is 0 Å². The first-order valence-corrected chi connectivity index (χ1v) is 5.25. The zero-order valence-corrected chi connectivity index (χ0v) is 9.65. The van der Waals surface area contributed by atoms with Gasteiger partial charge in [-0.15, -0.1) is 0 Å². The zero-order valence-electron chi connectivity index (χ0n) is 9.65. The van der Waals surface area contributed by atoms with Crippen LogP contribution in [0.15, 0.2) is 18.6 Å². The van der Waals surface area contributed by atoms with Gasteiger partial charge in [-0.1, -0.05) is 0 Å².